The number of carbonyl (C=O) groups is 1. The predicted molar refractivity (Wildman–Crippen MR) is 127 cm³/mol. The number of hydrogen-bond donors (Lipinski definition) is 4. The molecule has 9 nitrogen and oxygen atoms in total. The number of hydrogen-bond acceptors (Lipinski definition) is 6. The quantitative estimate of drug-likeness (QED) is 0.280. The van der Waals surface area contributed by atoms with Gasteiger partial charge in [-0.2, -0.15) is 0 Å². The van der Waals surface area contributed by atoms with E-state index in [0.717, 1.165) is 31.2 Å². The highest BCUT2D eigenvalue weighted by molar-refractivity contribution is 7.92. The van der Waals surface area contributed by atoms with Crippen LogP contribution in [-0.2, 0) is 24.8 Å². The molecule has 0 spiro atoms. The Balaban J connectivity index is 0.000000355. The van der Waals surface area contributed by atoms with Crippen molar-refractivity contribution in [3.63, 3.8) is 0 Å². The van der Waals surface area contributed by atoms with Crippen LogP contribution in [0.1, 0.15) is 33.6 Å². The third-order valence-corrected chi connectivity index (χ3v) is 6.95. The van der Waals surface area contributed by atoms with Crippen LogP contribution < -0.4 is 20.5 Å². The highest BCUT2D eigenvalue weighted by atomic mass is 32.2. The first-order valence-electron chi connectivity index (χ1n) is 10.1. The zero-order valence-corrected chi connectivity index (χ0v) is 20.7. The van der Waals surface area contributed by atoms with Crippen LogP contribution in [0.15, 0.2) is 24.3 Å². The average Bonchev–Trinajstić information content (AvgIpc) is 2.74. The van der Waals surface area contributed by atoms with Crippen molar-refractivity contribution in [2.45, 2.75) is 33.6 Å². The summed E-state index contributed by atoms with van der Waals surface area (Å²) in [6, 6.07) is 3.73. The van der Waals surface area contributed by atoms with E-state index in [0.29, 0.717) is 12.8 Å². The first-order chi connectivity index (χ1) is 16.1. The fraction of sp³-hybridized carbons (Fsp3) is 0.350. The van der Waals surface area contributed by atoms with Crippen LogP contribution in [0.3, 0.4) is 0 Å². The van der Waals surface area contributed by atoms with E-state index in [1.165, 1.54) is 0 Å². The number of nitrogens with two attached hydrogens (primary N) is 1. The lowest BCUT2D eigenvalue weighted by Gasteiger charge is -2.12. The molecule has 0 fully saturated rings. The normalized spacial score (nSPS) is 11.3. The zero-order chi connectivity index (χ0) is 27.0. The summed E-state index contributed by atoms with van der Waals surface area (Å²) in [7, 11) is -7.30. The molecule has 2 aromatic carbocycles. The van der Waals surface area contributed by atoms with Crippen molar-refractivity contribution in [1.29, 1.82) is 0 Å². The molecule has 35 heavy (non-hydrogen) atoms. The monoisotopic (exact) mass is 542 g/mol. The van der Waals surface area contributed by atoms with Crippen molar-refractivity contribution in [1.82, 2.24) is 0 Å². The fourth-order valence-corrected chi connectivity index (χ4v) is 4.81. The lowest BCUT2D eigenvalue weighted by molar-refractivity contribution is -0.114. The molecule has 0 unspecified atom stereocenters. The first kappa shape index (κ1) is 30.0. The Labute approximate surface area is 201 Å². The van der Waals surface area contributed by atoms with Crippen molar-refractivity contribution in [3.8, 4) is 0 Å². The number of nitrogens with one attached hydrogen (secondary N) is 3. The van der Waals surface area contributed by atoms with Gasteiger partial charge in [-0.3, -0.25) is 14.2 Å². The number of amides is 1. The molecule has 0 heterocycles. The summed E-state index contributed by atoms with van der Waals surface area (Å²) < 4.78 is 103. The molecule has 0 bridgehead atoms. The van der Waals surface area contributed by atoms with Crippen molar-refractivity contribution >= 4 is 48.7 Å². The van der Waals surface area contributed by atoms with E-state index in [4.69, 9.17) is 5.73 Å². The minimum atomic E-state index is -3.69. The summed E-state index contributed by atoms with van der Waals surface area (Å²) in [5.41, 5.74) is 2.97. The fourth-order valence-electron chi connectivity index (χ4n) is 2.54. The van der Waals surface area contributed by atoms with Crippen molar-refractivity contribution in [2.75, 3.05) is 32.0 Å². The van der Waals surface area contributed by atoms with E-state index in [1.54, 1.807) is 13.8 Å². The summed E-state index contributed by atoms with van der Waals surface area (Å²) in [5.74, 6) is -5.13. The molecule has 2 aromatic rings. The van der Waals surface area contributed by atoms with Crippen LogP contribution in [0.25, 0.3) is 0 Å². The van der Waals surface area contributed by atoms with E-state index in [-0.39, 0.29) is 17.2 Å². The summed E-state index contributed by atoms with van der Waals surface area (Å²) >= 11 is 0. The number of halogens is 4. The second kappa shape index (κ2) is 12.6. The van der Waals surface area contributed by atoms with Gasteiger partial charge in [0.25, 0.3) is 0 Å². The standard InChI is InChI=1S/C11H14F2N2O3S.C9H12F2N2O2S/c1-3-6-19(17,18)15-9-5-4-8(12)11(10(9)13)14-7(2)16;1-2-5-16(14,15)13-7-4-3-6(10)9(12)8(7)11/h4-5,15H,3,6H2,1-2H3,(H,14,16);3-4,13H,2,5,12H2,1H3. The van der Waals surface area contributed by atoms with E-state index >= 15 is 0 Å². The molecule has 0 saturated heterocycles. The maximum Gasteiger partial charge on any atom is 0.232 e. The zero-order valence-electron chi connectivity index (χ0n) is 19.1. The van der Waals surface area contributed by atoms with Gasteiger partial charge in [0, 0.05) is 6.92 Å². The second-order valence-corrected chi connectivity index (χ2v) is 10.8. The van der Waals surface area contributed by atoms with Gasteiger partial charge in [-0.05, 0) is 37.1 Å². The lowest BCUT2D eigenvalue weighted by atomic mass is 10.2. The van der Waals surface area contributed by atoms with Crippen molar-refractivity contribution in [3.05, 3.63) is 47.5 Å². The van der Waals surface area contributed by atoms with Gasteiger partial charge in [0.1, 0.15) is 23.0 Å². The van der Waals surface area contributed by atoms with Gasteiger partial charge >= 0.3 is 0 Å². The maximum absolute atomic E-state index is 13.9. The second-order valence-electron chi connectivity index (χ2n) is 7.13. The van der Waals surface area contributed by atoms with Crippen molar-refractivity contribution in [2.24, 2.45) is 0 Å². The molecule has 1 amide bonds. The number of nitrogen functional groups attached to an aromatic ring is 1. The van der Waals surface area contributed by atoms with Crippen molar-refractivity contribution < 1.29 is 39.2 Å². The van der Waals surface area contributed by atoms with Crippen LogP contribution >= 0.6 is 0 Å². The minimum Gasteiger partial charge on any atom is -0.394 e. The van der Waals surface area contributed by atoms with Gasteiger partial charge in [-0.1, -0.05) is 13.8 Å². The number of carbonyl (C=O) groups excluding carboxylic acids is 1. The van der Waals surface area contributed by atoms with E-state index < -0.39 is 66.3 Å². The van der Waals surface area contributed by atoms with E-state index in [9.17, 15) is 39.2 Å². The number of anilines is 4. The molecule has 0 aliphatic heterocycles. The summed E-state index contributed by atoms with van der Waals surface area (Å²) in [5, 5.41) is 1.98. The van der Waals surface area contributed by atoms with Gasteiger partial charge in [0.2, 0.25) is 26.0 Å². The SMILES string of the molecule is CCCS(=O)(=O)Nc1ccc(F)c(N)c1F.CCCS(=O)(=O)Nc1ccc(F)c(NC(C)=O)c1F. The molecule has 2 rings (SSSR count). The first-order valence-corrected chi connectivity index (χ1v) is 13.4. The highest BCUT2D eigenvalue weighted by Crippen LogP contribution is 2.27. The maximum atomic E-state index is 13.9. The van der Waals surface area contributed by atoms with Crippen LogP contribution in [-0.4, -0.2) is 34.2 Å². The third kappa shape index (κ3) is 9.24. The van der Waals surface area contributed by atoms with Gasteiger partial charge in [-0.25, -0.2) is 34.4 Å². The topological polar surface area (TPSA) is 147 Å². The Hall–Kier alpha value is -3.07. The Morgan fingerprint density at radius 3 is 1.66 bits per heavy atom. The lowest BCUT2D eigenvalue weighted by Crippen LogP contribution is -2.18. The highest BCUT2D eigenvalue weighted by Gasteiger charge is 2.19. The number of benzene rings is 2. The minimum absolute atomic E-state index is 0.135. The Bertz CT molecular complexity index is 1270. The Morgan fingerprint density at radius 1 is 0.800 bits per heavy atom. The Morgan fingerprint density at radius 2 is 1.23 bits per heavy atom. The molecule has 0 saturated carbocycles. The third-order valence-electron chi connectivity index (χ3n) is 4.00. The molecular formula is C20H26F4N4O5S2. The van der Waals surface area contributed by atoms with E-state index in [2.05, 4.69) is 0 Å². The van der Waals surface area contributed by atoms with Gasteiger partial charge < -0.3 is 11.1 Å². The molecule has 0 aliphatic carbocycles. The summed E-state index contributed by atoms with van der Waals surface area (Å²) in [6.07, 6.45) is 0.754. The van der Waals surface area contributed by atoms with Gasteiger partial charge in [0.05, 0.1) is 22.9 Å². The van der Waals surface area contributed by atoms with Crippen LogP contribution in [0.4, 0.5) is 40.3 Å². The summed E-state index contributed by atoms with van der Waals surface area (Å²) in [6.45, 7) is 4.42. The Kier molecular flexibility index (Phi) is 10.8. The van der Waals surface area contributed by atoms with E-state index in [1.807, 2.05) is 14.8 Å². The molecular weight excluding hydrogens is 516 g/mol. The van der Waals surface area contributed by atoms with Gasteiger partial charge in [0.15, 0.2) is 11.6 Å². The molecule has 15 heteroatoms. The molecule has 196 valence electrons. The number of rotatable bonds is 9. The molecule has 0 radical (unpaired) electrons. The van der Waals surface area contributed by atoms with Crippen LogP contribution in [0, 0.1) is 23.3 Å². The molecule has 0 aromatic heterocycles. The largest absolute Gasteiger partial charge is 0.394 e. The smallest absolute Gasteiger partial charge is 0.232 e. The van der Waals surface area contributed by atoms with Gasteiger partial charge in [-0.15, -0.1) is 0 Å². The molecule has 0 aliphatic rings. The number of sulfonamides is 2. The summed E-state index contributed by atoms with van der Waals surface area (Å²) in [4.78, 5) is 10.8. The van der Waals surface area contributed by atoms with Crippen LogP contribution in [0.2, 0.25) is 0 Å². The molecule has 0 atom stereocenters. The van der Waals surface area contributed by atoms with Crippen LogP contribution in [0.5, 0.6) is 0 Å². The average molecular weight is 543 g/mol. The predicted octanol–water partition coefficient (Wildman–Crippen LogP) is 3.77. The molecule has 5 N–H and O–H groups in total.